The molecule has 0 aromatic carbocycles. The Morgan fingerprint density at radius 1 is 1.10 bits per heavy atom. The molecular weight excluding hydrogens is 282 g/mol. The molecule has 126 valence electrons. The molecule has 0 aliphatic carbocycles. The molecule has 5 N–H and O–H groups in total. The fourth-order valence-electron chi connectivity index (χ4n) is 1.79. The van der Waals surface area contributed by atoms with Crippen LogP contribution in [0.25, 0.3) is 0 Å². The normalized spacial score (nSPS) is 15.5. The summed E-state index contributed by atoms with van der Waals surface area (Å²) in [7, 11) is 0. The van der Waals surface area contributed by atoms with Crippen LogP contribution in [0.2, 0.25) is 0 Å². The van der Waals surface area contributed by atoms with Gasteiger partial charge >= 0.3 is 0 Å². The number of hydrogen-bond donors (Lipinski definition) is 5. The van der Waals surface area contributed by atoms with Crippen molar-refractivity contribution in [3.8, 4) is 0 Å². The third-order valence-electron chi connectivity index (χ3n) is 3.11. The summed E-state index contributed by atoms with van der Waals surface area (Å²) in [6, 6.07) is 0. The topological polar surface area (TPSA) is 128 Å². The van der Waals surface area contributed by atoms with Gasteiger partial charge in [-0.1, -0.05) is 44.1 Å². The summed E-state index contributed by atoms with van der Waals surface area (Å²) in [5.74, 6) is -0.764. The van der Waals surface area contributed by atoms with Gasteiger partial charge in [-0.05, 0) is 6.42 Å². The Balaban J connectivity index is 3.78. The number of hydrogen-bond acceptors (Lipinski definition) is 7. The second-order valence-corrected chi connectivity index (χ2v) is 4.92. The summed E-state index contributed by atoms with van der Waals surface area (Å²) >= 11 is 0. The second kappa shape index (κ2) is 12.9. The highest BCUT2D eigenvalue weighted by atomic mass is 17.5. The van der Waals surface area contributed by atoms with Crippen LogP contribution in [0.4, 0.5) is 0 Å². The minimum atomic E-state index is -1.78. The molecule has 0 radical (unpaired) electrons. The number of amides is 1. The number of carbonyl (C=O) groups is 1. The van der Waals surface area contributed by atoms with Crippen LogP contribution in [0.5, 0.6) is 0 Å². The molecule has 0 rings (SSSR count). The minimum absolute atomic E-state index is 0.404. The molecule has 0 bridgehead atoms. The van der Waals surface area contributed by atoms with Crippen LogP contribution < -0.4 is 5.32 Å². The maximum absolute atomic E-state index is 11.5. The molecule has 0 spiro atoms. The largest absolute Gasteiger partial charge is 0.388 e. The first-order valence-electron chi connectivity index (χ1n) is 7.29. The third kappa shape index (κ3) is 9.72. The molecule has 0 aliphatic rings. The molecule has 0 saturated heterocycles. The van der Waals surface area contributed by atoms with E-state index in [4.69, 9.17) is 5.26 Å². The lowest BCUT2D eigenvalue weighted by atomic mass is 10.1. The van der Waals surface area contributed by atoms with Crippen molar-refractivity contribution < 1.29 is 35.3 Å². The maximum Gasteiger partial charge on any atom is 0.251 e. The van der Waals surface area contributed by atoms with E-state index >= 15 is 0 Å². The predicted octanol–water partition coefficient (Wildman–Crippen LogP) is -0.0330. The molecule has 1 amide bonds. The molecule has 21 heavy (non-hydrogen) atoms. The molecule has 0 fully saturated rings. The van der Waals surface area contributed by atoms with Crippen molar-refractivity contribution in [1.29, 1.82) is 0 Å². The number of aliphatic hydroxyl groups is 3. The van der Waals surface area contributed by atoms with E-state index in [1.54, 1.807) is 0 Å². The molecule has 0 aromatic rings. The summed E-state index contributed by atoms with van der Waals surface area (Å²) < 4.78 is 0. The van der Waals surface area contributed by atoms with Gasteiger partial charge in [-0.3, -0.25) is 4.79 Å². The van der Waals surface area contributed by atoms with Crippen molar-refractivity contribution in [2.45, 2.75) is 63.8 Å². The first-order chi connectivity index (χ1) is 10.0. The Morgan fingerprint density at radius 2 is 1.71 bits per heavy atom. The molecule has 0 saturated carbocycles. The number of aliphatic hydroxyl groups excluding tert-OH is 3. The predicted molar refractivity (Wildman–Crippen MR) is 74.1 cm³/mol. The Bertz CT molecular complexity index is 265. The van der Waals surface area contributed by atoms with Crippen LogP contribution in [0, 0.1) is 0 Å². The summed E-state index contributed by atoms with van der Waals surface area (Å²) in [6.45, 7) is 1.96. The van der Waals surface area contributed by atoms with Crippen LogP contribution >= 0.6 is 0 Å². The van der Waals surface area contributed by atoms with Gasteiger partial charge in [0.15, 0.2) is 6.10 Å². The van der Waals surface area contributed by atoms with E-state index < -0.39 is 30.8 Å². The Kier molecular flexibility index (Phi) is 12.5. The molecule has 0 heterocycles. The van der Waals surface area contributed by atoms with Crippen molar-refractivity contribution in [3.63, 3.8) is 0 Å². The van der Waals surface area contributed by atoms with Gasteiger partial charge in [-0.15, -0.1) is 0 Å². The Labute approximate surface area is 124 Å². The lowest BCUT2D eigenvalue weighted by molar-refractivity contribution is -0.495. The molecular formula is C13H27NO7. The number of rotatable bonds is 13. The fourth-order valence-corrected chi connectivity index (χ4v) is 1.79. The van der Waals surface area contributed by atoms with Gasteiger partial charge in [0.05, 0.1) is 0 Å². The molecule has 0 aliphatic heterocycles. The summed E-state index contributed by atoms with van der Waals surface area (Å²) in [6.07, 6.45) is 1.37. The Hall–Kier alpha value is -0.770. The molecule has 0 aromatic heterocycles. The summed E-state index contributed by atoms with van der Waals surface area (Å²) in [5, 5.41) is 42.1. The molecule has 8 nitrogen and oxygen atoms in total. The van der Waals surface area contributed by atoms with Crippen molar-refractivity contribution in [1.82, 2.24) is 5.32 Å². The zero-order chi connectivity index (χ0) is 16.1. The first kappa shape index (κ1) is 20.2. The standard InChI is InChI=1S/C13H27NO7/c1-2-3-4-5-6-7-8-14-13(18)12(17)11(16)10(15)9-20-21-19/h10-12,15-17,19H,2-9H2,1H3,(H,14,18)/t10-,11-,12-/m0/s1. The van der Waals surface area contributed by atoms with Gasteiger partial charge in [-0.25, -0.2) is 10.1 Å². The lowest BCUT2D eigenvalue weighted by Gasteiger charge is -2.21. The average Bonchev–Trinajstić information content (AvgIpc) is 2.49. The second-order valence-electron chi connectivity index (χ2n) is 4.92. The van der Waals surface area contributed by atoms with Gasteiger partial charge in [0.1, 0.15) is 18.8 Å². The first-order valence-corrected chi connectivity index (χ1v) is 7.29. The number of unbranched alkanes of at least 4 members (excludes halogenated alkanes) is 5. The van der Waals surface area contributed by atoms with Crippen molar-refractivity contribution in [2.24, 2.45) is 0 Å². The van der Waals surface area contributed by atoms with Gasteiger partial charge in [0, 0.05) is 6.54 Å². The Morgan fingerprint density at radius 3 is 2.33 bits per heavy atom. The van der Waals surface area contributed by atoms with Crippen LogP contribution in [0.1, 0.15) is 45.4 Å². The summed E-state index contributed by atoms with van der Waals surface area (Å²) in [4.78, 5) is 15.5. The van der Waals surface area contributed by atoms with E-state index in [2.05, 4.69) is 22.2 Å². The minimum Gasteiger partial charge on any atom is -0.388 e. The van der Waals surface area contributed by atoms with E-state index in [0.29, 0.717) is 6.54 Å². The number of nitrogens with one attached hydrogen (secondary N) is 1. The maximum atomic E-state index is 11.5. The zero-order valence-electron chi connectivity index (χ0n) is 12.4. The van der Waals surface area contributed by atoms with Crippen molar-refractivity contribution >= 4 is 5.91 Å². The van der Waals surface area contributed by atoms with Crippen LogP contribution in [-0.2, 0) is 14.7 Å². The van der Waals surface area contributed by atoms with Crippen LogP contribution in [0.15, 0.2) is 0 Å². The molecule has 3 atom stereocenters. The van der Waals surface area contributed by atoms with Crippen LogP contribution in [-0.4, -0.2) is 57.9 Å². The van der Waals surface area contributed by atoms with E-state index in [1.165, 1.54) is 19.3 Å². The van der Waals surface area contributed by atoms with Gasteiger partial charge < -0.3 is 20.6 Å². The smallest absolute Gasteiger partial charge is 0.251 e. The average molecular weight is 309 g/mol. The molecule has 0 unspecified atom stereocenters. The SMILES string of the molecule is CCCCCCCCNC(=O)[C@@H](O)[C@@H](O)[C@@H](O)COOO. The van der Waals surface area contributed by atoms with Crippen molar-refractivity contribution in [2.75, 3.05) is 13.2 Å². The fraction of sp³-hybridized carbons (Fsp3) is 0.923. The zero-order valence-corrected chi connectivity index (χ0v) is 12.4. The van der Waals surface area contributed by atoms with E-state index in [-0.39, 0.29) is 0 Å². The number of carbonyl (C=O) groups excluding carboxylic acids is 1. The third-order valence-corrected chi connectivity index (χ3v) is 3.11. The highest BCUT2D eigenvalue weighted by Crippen LogP contribution is 2.05. The highest BCUT2D eigenvalue weighted by Gasteiger charge is 2.30. The van der Waals surface area contributed by atoms with Crippen LogP contribution in [0.3, 0.4) is 0 Å². The van der Waals surface area contributed by atoms with Gasteiger partial charge in [0.25, 0.3) is 5.91 Å². The van der Waals surface area contributed by atoms with Gasteiger partial charge in [-0.2, -0.15) is 0 Å². The van der Waals surface area contributed by atoms with E-state index in [0.717, 1.165) is 19.3 Å². The van der Waals surface area contributed by atoms with E-state index in [9.17, 15) is 20.1 Å². The van der Waals surface area contributed by atoms with E-state index in [1.807, 2.05) is 0 Å². The van der Waals surface area contributed by atoms with Gasteiger partial charge in [0.2, 0.25) is 0 Å². The molecule has 8 heteroatoms. The summed E-state index contributed by atoms with van der Waals surface area (Å²) in [5.41, 5.74) is 0. The van der Waals surface area contributed by atoms with Crippen molar-refractivity contribution in [3.05, 3.63) is 0 Å². The highest BCUT2D eigenvalue weighted by molar-refractivity contribution is 5.81. The lowest BCUT2D eigenvalue weighted by Crippen LogP contribution is -2.48. The monoisotopic (exact) mass is 309 g/mol. The quantitative estimate of drug-likeness (QED) is 0.183.